The fraction of sp³-hybridized carbons (Fsp3) is 0.333. The Balaban J connectivity index is 0.00000264. The van der Waals surface area contributed by atoms with Crippen molar-refractivity contribution in [2.24, 2.45) is 4.99 Å². The number of halogens is 3. The van der Waals surface area contributed by atoms with E-state index in [9.17, 15) is 4.39 Å². The highest BCUT2D eigenvalue weighted by Crippen LogP contribution is 2.17. The zero-order chi connectivity index (χ0) is 15.9. The van der Waals surface area contributed by atoms with Crippen LogP contribution >= 0.6 is 51.2 Å². The molecule has 8 heteroatoms. The second-order valence-electron chi connectivity index (χ2n) is 4.59. The highest BCUT2D eigenvalue weighted by Gasteiger charge is 2.05. The highest BCUT2D eigenvalue weighted by atomic mass is 127. The normalized spacial score (nSPS) is 11.0. The van der Waals surface area contributed by atoms with Gasteiger partial charge in [0.1, 0.15) is 10.8 Å². The standard InChI is InChI=1S/C15H18BrFN4S.HI/c1-3-12-8-19-14(22-12)9-21-15(18-2)20-7-10-6-11(17)4-5-13(10)16;/h4-6,8H,3,7,9H2,1-2H3,(H2,18,20,21);1H. The lowest BCUT2D eigenvalue weighted by Crippen LogP contribution is -2.36. The Morgan fingerprint density at radius 2 is 2.09 bits per heavy atom. The molecule has 0 bridgehead atoms. The first-order valence-electron chi connectivity index (χ1n) is 6.94. The number of benzene rings is 1. The first-order chi connectivity index (χ1) is 10.6. The molecule has 0 spiro atoms. The lowest BCUT2D eigenvalue weighted by molar-refractivity contribution is 0.624. The number of aryl methyl sites for hydroxylation is 1. The quantitative estimate of drug-likeness (QED) is 0.360. The minimum atomic E-state index is -0.252. The van der Waals surface area contributed by atoms with Gasteiger partial charge in [-0.1, -0.05) is 22.9 Å². The number of hydrogen-bond donors (Lipinski definition) is 2. The van der Waals surface area contributed by atoms with Crippen LogP contribution in [-0.2, 0) is 19.5 Å². The van der Waals surface area contributed by atoms with Crippen LogP contribution in [0, 0.1) is 5.82 Å². The van der Waals surface area contributed by atoms with Crippen molar-refractivity contribution in [2.45, 2.75) is 26.4 Å². The summed E-state index contributed by atoms with van der Waals surface area (Å²) in [4.78, 5) is 9.78. The van der Waals surface area contributed by atoms with Crippen LogP contribution in [0.1, 0.15) is 22.4 Å². The number of thiazole rings is 1. The molecule has 0 aliphatic rings. The largest absolute Gasteiger partial charge is 0.352 e. The lowest BCUT2D eigenvalue weighted by Gasteiger charge is -2.12. The van der Waals surface area contributed by atoms with Crippen LogP contribution in [0.4, 0.5) is 4.39 Å². The van der Waals surface area contributed by atoms with E-state index in [2.05, 4.69) is 43.5 Å². The summed E-state index contributed by atoms with van der Waals surface area (Å²) in [5.74, 6) is 0.405. The molecule has 0 radical (unpaired) electrons. The summed E-state index contributed by atoms with van der Waals surface area (Å²) in [6.45, 7) is 3.22. The minimum absolute atomic E-state index is 0. The van der Waals surface area contributed by atoms with E-state index in [4.69, 9.17) is 0 Å². The molecular formula is C15H19BrFIN4S. The molecule has 23 heavy (non-hydrogen) atoms. The van der Waals surface area contributed by atoms with Crippen LogP contribution in [0.25, 0.3) is 0 Å². The van der Waals surface area contributed by atoms with E-state index in [0.29, 0.717) is 19.0 Å². The molecule has 1 aromatic heterocycles. The summed E-state index contributed by atoms with van der Waals surface area (Å²) in [7, 11) is 1.70. The lowest BCUT2D eigenvalue weighted by atomic mass is 10.2. The summed E-state index contributed by atoms with van der Waals surface area (Å²) < 4.78 is 14.1. The first kappa shape index (κ1) is 20.3. The molecule has 2 N–H and O–H groups in total. The van der Waals surface area contributed by atoms with Gasteiger partial charge < -0.3 is 10.6 Å². The monoisotopic (exact) mass is 512 g/mol. The van der Waals surface area contributed by atoms with Crippen molar-refractivity contribution in [2.75, 3.05) is 7.05 Å². The number of aliphatic imine (C=N–C) groups is 1. The van der Waals surface area contributed by atoms with Gasteiger partial charge in [0, 0.05) is 29.1 Å². The van der Waals surface area contributed by atoms with Crippen LogP contribution < -0.4 is 10.6 Å². The fourth-order valence-corrected chi connectivity index (χ4v) is 3.02. The molecule has 4 nitrogen and oxygen atoms in total. The molecule has 0 unspecified atom stereocenters. The molecule has 1 aromatic carbocycles. The predicted octanol–water partition coefficient (Wildman–Crippen LogP) is 4.09. The molecule has 0 amide bonds. The van der Waals surface area contributed by atoms with Gasteiger partial charge >= 0.3 is 0 Å². The van der Waals surface area contributed by atoms with Crippen LogP contribution in [0.5, 0.6) is 0 Å². The van der Waals surface area contributed by atoms with Gasteiger partial charge in [-0.15, -0.1) is 35.3 Å². The molecule has 0 saturated carbocycles. The third-order valence-corrected chi connectivity index (χ3v) is 4.95. The zero-order valence-electron chi connectivity index (χ0n) is 12.9. The van der Waals surface area contributed by atoms with Gasteiger partial charge in [-0.05, 0) is 30.2 Å². The fourth-order valence-electron chi connectivity index (χ4n) is 1.83. The van der Waals surface area contributed by atoms with E-state index in [0.717, 1.165) is 21.5 Å². The van der Waals surface area contributed by atoms with E-state index in [-0.39, 0.29) is 29.8 Å². The average molecular weight is 513 g/mol. The van der Waals surface area contributed by atoms with Gasteiger partial charge in [-0.3, -0.25) is 4.99 Å². The smallest absolute Gasteiger partial charge is 0.191 e. The van der Waals surface area contributed by atoms with Gasteiger partial charge in [-0.2, -0.15) is 0 Å². The van der Waals surface area contributed by atoms with Gasteiger partial charge in [0.15, 0.2) is 5.96 Å². The maximum absolute atomic E-state index is 13.3. The van der Waals surface area contributed by atoms with Gasteiger partial charge in [0.25, 0.3) is 0 Å². The molecule has 0 aliphatic carbocycles. The van der Waals surface area contributed by atoms with Gasteiger partial charge in [-0.25, -0.2) is 9.37 Å². The van der Waals surface area contributed by atoms with Gasteiger partial charge in [0.05, 0.1) is 6.54 Å². The third-order valence-electron chi connectivity index (χ3n) is 3.03. The maximum atomic E-state index is 13.3. The second-order valence-corrected chi connectivity index (χ2v) is 6.64. The molecular weight excluding hydrogens is 494 g/mol. The van der Waals surface area contributed by atoms with Crippen molar-refractivity contribution in [1.82, 2.24) is 15.6 Å². The maximum Gasteiger partial charge on any atom is 0.191 e. The number of hydrogen-bond acceptors (Lipinski definition) is 3. The Morgan fingerprint density at radius 1 is 1.35 bits per heavy atom. The van der Waals surface area contributed by atoms with Crippen LogP contribution in [0.3, 0.4) is 0 Å². The summed E-state index contributed by atoms with van der Waals surface area (Å²) >= 11 is 5.10. The number of rotatable bonds is 5. The van der Waals surface area contributed by atoms with Crippen molar-refractivity contribution in [3.63, 3.8) is 0 Å². The number of nitrogens with one attached hydrogen (secondary N) is 2. The van der Waals surface area contributed by atoms with Crippen molar-refractivity contribution in [3.05, 3.63) is 50.1 Å². The zero-order valence-corrected chi connectivity index (χ0v) is 17.6. The molecule has 0 saturated heterocycles. The highest BCUT2D eigenvalue weighted by molar-refractivity contribution is 14.0. The predicted molar refractivity (Wildman–Crippen MR) is 108 cm³/mol. The molecule has 0 fully saturated rings. The molecule has 126 valence electrons. The molecule has 2 aromatic rings. The molecule has 0 aliphatic heterocycles. The Bertz CT molecular complexity index is 663. The summed E-state index contributed by atoms with van der Waals surface area (Å²) in [5.41, 5.74) is 0.838. The summed E-state index contributed by atoms with van der Waals surface area (Å²) in [5, 5.41) is 7.39. The average Bonchev–Trinajstić information content (AvgIpc) is 2.98. The van der Waals surface area contributed by atoms with Crippen molar-refractivity contribution >= 4 is 57.2 Å². The van der Waals surface area contributed by atoms with E-state index in [1.165, 1.54) is 17.0 Å². The molecule has 0 atom stereocenters. The number of guanidine groups is 1. The van der Waals surface area contributed by atoms with Crippen LogP contribution in [-0.4, -0.2) is 18.0 Å². The van der Waals surface area contributed by atoms with E-state index >= 15 is 0 Å². The third kappa shape index (κ3) is 6.34. The van der Waals surface area contributed by atoms with Crippen molar-refractivity contribution < 1.29 is 4.39 Å². The molecule has 2 rings (SSSR count). The minimum Gasteiger partial charge on any atom is -0.352 e. The Kier molecular flexibility index (Phi) is 9.00. The second kappa shape index (κ2) is 10.2. The number of nitrogens with zero attached hydrogens (tertiary/aromatic N) is 2. The SMILES string of the molecule is CCc1cnc(CNC(=NC)NCc2cc(F)ccc2Br)s1.I. The van der Waals surface area contributed by atoms with Gasteiger partial charge in [0.2, 0.25) is 0 Å². The summed E-state index contributed by atoms with van der Waals surface area (Å²) in [6.07, 6.45) is 2.90. The van der Waals surface area contributed by atoms with E-state index < -0.39 is 0 Å². The van der Waals surface area contributed by atoms with Crippen molar-refractivity contribution in [1.29, 1.82) is 0 Å². The van der Waals surface area contributed by atoms with E-state index in [1.54, 1.807) is 24.5 Å². The Labute approximate surface area is 165 Å². The van der Waals surface area contributed by atoms with Crippen LogP contribution in [0.2, 0.25) is 0 Å². The first-order valence-corrected chi connectivity index (χ1v) is 8.55. The topological polar surface area (TPSA) is 49.3 Å². The molecule has 1 heterocycles. The number of aromatic nitrogens is 1. The van der Waals surface area contributed by atoms with E-state index in [1.807, 2.05) is 6.20 Å². The van der Waals surface area contributed by atoms with Crippen molar-refractivity contribution in [3.8, 4) is 0 Å². The van der Waals surface area contributed by atoms with Crippen LogP contribution in [0.15, 0.2) is 33.9 Å². The Morgan fingerprint density at radius 3 is 2.74 bits per heavy atom. The summed E-state index contributed by atoms with van der Waals surface area (Å²) in [6, 6.07) is 4.62. The Hall–Kier alpha value is -0.740.